The summed E-state index contributed by atoms with van der Waals surface area (Å²) in [7, 11) is 0. The molecule has 0 aliphatic rings. The molecular weight excluding hydrogens is 590 g/mol. The third-order valence-corrected chi connectivity index (χ3v) is 8.89. The molecule has 0 fully saturated rings. The van der Waals surface area contributed by atoms with E-state index in [4.69, 9.17) is 18.5 Å². The maximum atomic E-state index is 11.0. The molecule has 0 amide bonds. The Kier molecular flexibility index (Phi) is 5.72. The molecule has 1 N–H and O–H groups in total. The molecule has 5 heteroatoms. The predicted molar refractivity (Wildman–Crippen MR) is 194 cm³/mol. The molecule has 0 radical (unpaired) electrons. The van der Waals surface area contributed by atoms with Crippen molar-refractivity contribution in [2.45, 2.75) is 6.85 Å². The van der Waals surface area contributed by atoms with Gasteiger partial charge in [0.15, 0.2) is 0 Å². The molecule has 5 nitrogen and oxygen atoms in total. The van der Waals surface area contributed by atoms with E-state index in [-0.39, 0.29) is 5.75 Å². The van der Waals surface area contributed by atoms with Crippen LogP contribution in [-0.4, -0.2) is 19.6 Å². The molecule has 0 aliphatic heterocycles. The highest BCUT2D eigenvalue weighted by molar-refractivity contribution is 6.13. The first-order valence-corrected chi connectivity index (χ1v) is 15.7. The number of furan rings is 1. The van der Waals surface area contributed by atoms with Crippen LogP contribution in [0.5, 0.6) is 5.75 Å². The number of aromatic nitrogens is 3. The highest BCUT2D eigenvalue weighted by Crippen LogP contribution is 2.43. The van der Waals surface area contributed by atoms with Crippen LogP contribution in [0.25, 0.3) is 83.6 Å². The summed E-state index contributed by atoms with van der Waals surface area (Å²) in [5, 5.41) is 12.9. The maximum absolute atomic E-state index is 11.0. The van der Waals surface area contributed by atoms with Gasteiger partial charge < -0.3 is 9.52 Å². The van der Waals surface area contributed by atoms with Crippen molar-refractivity contribution in [1.29, 1.82) is 0 Å². The zero-order valence-corrected chi connectivity index (χ0v) is 25.6. The van der Waals surface area contributed by atoms with Crippen molar-refractivity contribution in [3.63, 3.8) is 0 Å². The Hall–Kier alpha value is -6.46. The van der Waals surface area contributed by atoms with Crippen LogP contribution in [0.15, 0.2) is 156 Å². The lowest BCUT2D eigenvalue weighted by Crippen LogP contribution is -1.97. The highest BCUT2D eigenvalue weighted by atomic mass is 16.3. The van der Waals surface area contributed by atoms with Crippen LogP contribution in [0.1, 0.15) is 9.68 Å². The van der Waals surface area contributed by atoms with Gasteiger partial charge in [-0.3, -0.25) is 9.55 Å². The first kappa shape index (κ1) is 24.7. The smallest absolute Gasteiger partial charge is 0.149 e. The summed E-state index contributed by atoms with van der Waals surface area (Å²) in [5.41, 5.74) is 10.2. The molecule has 0 atom stereocenters. The van der Waals surface area contributed by atoms with Crippen molar-refractivity contribution >= 4 is 33.0 Å². The minimum atomic E-state index is -2.16. The number of aromatic hydroxyl groups is 1. The molecule has 9 aromatic rings. The second-order valence-electron chi connectivity index (χ2n) is 11.8. The van der Waals surface area contributed by atoms with E-state index in [1.54, 1.807) is 30.5 Å². The van der Waals surface area contributed by atoms with Gasteiger partial charge in [-0.25, -0.2) is 4.98 Å². The van der Waals surface area contributed by atoms with Crippen molar-refractivity contribution in [3.8, 4) is 56.3 Å². The first-order valence-electron chi connectivity index (χ1n) is 17.2. The molecule has 3 heterocycles. The molecule has 0 unspecified atom stereocenters. The lowest BCUT2D eigenvalue weighted by atomic mass is 9.95. The van der Waals surface area contributed by atoms with Crippen molar-refractivity contribution in [2.24, 2.45) is 0 Å². The van der Waals surface area contributed by atoms with Gasteiger partial charge in [0.1, 0.15) is 22.7 Å². The van der Waals surface area contributed by atoms with Crippen LogP contribution in [0.3, 0.4) is 0 Å². The van der Waals surface area contributed by atoms with Crippen molar-refractivity contribution in [1.82, 2.24) is 14.5 Å². The van der Waals surface area contributed by atoms with E-state index in [1.807, 2.05) is 97.1 Å². The van der Waals surface area contributed by atoms with E-state index in [1.165, 1.54) is 0 Å². The Morgan fingerprint density at radius 2 is 1.44 bits per heavy atom. The number of aryl methyl sites for hydroxylation is 1. The number of hydrogen-bond donors (Lipinski definition) is 1. The van der Waals surface area contributed by atoms with Crippen LogP contribution in [-0.2, 0) is 0 Å². The second kappa shape index (κ2) is 11.1. The standard InChI is InChI=1S/C43H29N3O2/c1-27-18-20-28(21-19-27)29-22-23-44-37(26-29)30-24-35-32-12-6-8-17-40(32)48-42(35)36(25-30)33-14-9-15-38-41(33)45-43(34-13-5-7-16-39(34)47)46(38)31-10-3-2-4-11-31/h2-26,47H,1H3/i1D3. The number of benzene rings is 6. The Labute approximate surface area is 281 Å². The summed E-state index contributed by atoms with van der Waals surface area (Å²) >= 11 is 0. The van der Waals surface area contributed by atoms with Crippen molar-refractivity contribution < 1.29 is 13.6 Å². The fourth-order valence-corrected chi connectivity index (χ4v) is 6.60. The summed E-state index contributed by atoms with van der Waals surface area (Å²) in [6, 6.07) is 46.6. The van der Waals surface area contributed by atoms with E-state index in [0.717, 1.165) is 72.2 Å². The quantitative estimate of drug-likeness (QED) is 0.207. The van der Waals surface area contributed by atoms with Crippen LogP contribution in [0, 0.1) is 6.85 Å². The molecule has 0 saturated heterocycles. The number of fused-ring (bicyclic) bond motifs is 4. The summed E-state index contributed by atoms with van der Waals surface area (Å²) < 4.78 is 31.9. The van der Waals surface area contributed by atoms with Gasteiger partial charge in [-0.2, -0.15) is 0 Å². The molecule has 6 aromatic carbocycles. The molecule has 0 spiro atoms. The fraction of sp³-hybridized carbons (Fsp3) is 0.0233. The number of phenols is 1. The maximum Gasteiger partial charge on any atom is 0.149 e. The lowest BCUT2D eigenvalue weighted by molar-refractivity contribution is 0.477. The van der Waals surface area contributed by atoms with Gasteiger partial charge in [0, 0.05) is 43.5 Å². The number of hydrogen-bond acceptors (Lipinski definition) is 4. The minimum Gasteiger partial charge on any atom is -0.507 e. The van der Waals surface area contributed by atoms with E-state index in [0.29, 0.717) is 17.0 Å². The molecule has 228 valence electrons. The lowest BCUT2D eigenvalue weighted by Gasteiger charge is -2.11. The normalized spacial score (nSPS) is 12.7. The summed E-state index contributed by atoms with van der Waals surface area (Å²) in [4.78, 5) is 10.0. The molecule has 48 heavy (non-hydrogen) atoms. The van der Waals surface area contributed by atoms with Gasteiger partial charge in [-0.15, -0.1) is 0 Å². The van der Waals surface area contributed by atoms with Gasteiger partial charge in [0.05, 0.1) is 22.3 Å². The van der Waals surface area contributed by atoms with E-state index in [2.05, 4.69) is 28.8 Å². The van der Waals surface area contributed by atoms with Crippen LogP contribution < -0.4 is 0 Å². The number of phenolic OH excluding ortho intramolecular Hbond substituents is 1. The Morgan fingerprint density at radius 3 is 2.29 bits per heavy atom. The number of nitrogens with zero attached hydrogens (tertiary/aromatic N) is 3. The third kappa shape index (κ3) is 4.56. The van der Waals surface area contributed by atoms with E-state index in [9.17, 15) is 5.11 Å². The third-order valence-electron chi connectivity index (χ3n) is 8.89. The van der Waals surface area contributed by atoms with E-state index >= 15 is 0 Å². The van der Waals surface area contributed by atoms with Crippen molar-refractivity contribution in [2.75, 3.05) is 0 Å². The molecule has 0 aliphatic carbocycles. The Bertz CT molecular complexity index is 2750. The molecule has 3 aromatic heterocycles. The average molecular weight is 623 g/mol. The van der Waals surface area contributed by atoms with Gasteiger partial charge in [0.2, 0.25) is 0 Å². The summed E-state index contributed by atoms with van der Waals surface area (Å²) in [5.74, 6) is 0.768. The Morgan fingerprint density at radius 1 is 0.646 bits per heavy atom. The molecule has 9 rings (SSSR count). The number of pyridine rings is 1. The van der Waals surface area contributed by atoms with Crippen LogP contribution in [0.4, 0.5) is 0 Å². The van der Waals surface area contributed by atoms with Gasteiger partial charge in [0.25, 0.3) is 0 Å². The number of rotatable bonds is 5. The first-order chi connectivity index (χ1) is 24.8. The fourth-order valence-electron chi connectivity index (χ4n) is 6.60. The van der Waals surface area contributed by atoms with E-state index < -0.39 is 6.85 Å². The minimum absolute atomic E-state index is 0.146. The van der Waals surface area contributed by atoms with Crippen molar-refractivity contribution in [3.05, 3.63) is 157 Å². The van der Waals surface area contributed by atoms with Gasteiger partial charge >= 0.3 is 0 Å². The Balaban J connectivity index is 1.29. The number of para-hydroxylation sites is 4. The highest BCUT2D eigenvalue weighted by Gasteiger charge is 2.22. The molecule has 0 bridgehead atoms. The zero-order valence-electron chi connectivity index (χ0n) is 28.6. The number of imidazole rings is 1. The monoisotopic (exact) mass is 622 g/mol. The average Bonchev–Trinajstić information content (AvgIpc) is 3.74. The van der Waals surface area contributed by atoms with Crippen LogP contribution in [0.2, 0.25) is 0 Å². The predicted octanol–water partition coefficient (Wildman–Crippen LogP) is 11.0. The summed E-state index contributed by atoms with van der Waals surface area (Å²) in [6.07, 6.45) is 1.78. The molecular formula is C43H29N3O2. The topological polar surface area (TPSA) is 64.1 Å². The largest absolute Gasteiger partial charge is 0.507 e. The SMILES string of the molecule is [2H]C([2H])([2H])c1ccc(-c2ccnc(-c3cc(-c4cccc5c4nc(-c4ccccc4O)n5-c4ccccc4)c4oc5ccccc5c4c3)c2)cc1. The zero-order chi connectivity index (χ0) is 34.7. The summed E-state index contributed by atoms with van der Waals surface area (Å²) in [6.45, 7) is -2.16. The molecule has 0 saturated carbocycles. The van der Waals surface area contributed by atoms with Gasteiger partial charge in [-0.05, 0) is 78.6 Å². The van der Waals surface area contributed by atoms with Gasteiger partial charge in [-0.1, -0.05) is 90.5 Å². The van der Waals surface area contributed by atoms with Crippen LogP contribution >= 0.6 is 0 Å². The second-order valence-corrected chi connectivity index (χ2v) is 11.8.